The summed E-state index contributed by atoms with van der Waals surface area (Å²) in [4.78, 5) is 0. The fourth-order valence-electron chi connectivity index (χ4n) is 1.96. The van der Waals surface area contributed by atoms with E-state index < -0.39 is 0 Å². The van der Waals surface area contributed by atoms with Crippen LogP contribution in [0.15, 0.2) is 22.7 Å². The van der Waals surface area contributed by atoms with Crippen molar-refractivity contribution < 1.29 is 4.74 Å². The first-order valence-electron chi connectivity index (χ1n) is 5.49. The Morgan fingerprint density at radius 2 is 2.25 bits per heavy atom. The van der Waals surface area contributed by atoms with Crippen molar-refractivity contribution in [1.82, 2.24) is 0 Å². The summed E-state index contributed by atoms with van der Waals surface area (Å²) < 4.78 is 6.55. The lowest BCUT2D eigenvalue weighted by Crippen LogP contribution is -2.45. The van der Waals surface area contributed by atoms with Crippen LogP contribution in [0, 0.1) is 0 Å². The van der Waals surface area contributed by atoms with Crippen molar-refractivity contribution in [3.05, 3.63) is 22.7 Å². The number of rotatable bonds is 4. The van der Waals surface area contributed by atoms with Gasteiger partial charge in [0.1, 0.15) is 0 Å². The van der Waals surface area contributed by atoms with Gasteiger partial charge < -0.3 is 15.8 Å². The molecule has 0 aromatic heterocycles. The topological polar surface area (TPSA) is 47.3 Å². The monoisotopic (exact) mass is 284 g/mol. The van der Waals surface area contributed by atoms with Gasteiger partial charge in [-0.1, -0.05) is 0 Å². The number of benzene rings is 1. The minimum Gasteiger partial charge on any atom is -0.399 e. The van der Waals surface area contributed by atoms with Crippen LogP contribution in [0.1, 0.15) is 19.3 Å². The molecule has 0 radical (unpaired) electrons. The van der Waals surface area contributed by atoms with Crippen LogP contribution in [-0.4, -0.2) is 19.3 Å². The number of nitrogens with one attached hydrogen (secondary N) is 1. The third kappa shape index (κ3) is 2.33. The van der Waals surface area contributed by atoms with Crippen molar-refractivity contribution in [1.29, 1.82) is 0 Å². The molecule has 3 nitrogen and oxygen atoms in total. The van der Waals surface area contributed by atoms with E-state index in [0.29, 0.717) is 0 Å². The van der Waals surface area contributed by atoms with E-state index in [2.05, 4.69) is 21.2 Å². The molecule has 0 bridgehead atoms. The van der Waals surface area contributed by atoms with E-state index in [0.717, 1.165) is 35.2 Å². The van der Waals surface area contributed by atoms with E-state index in [1.807, 2.05) is 18.2 Å². The number of methoxy groups -OCH3 is 1. The van der Waals surface area contributed by atoms with Gasteiger partial charge in [0.25, 0.3) is 0 Å². The smallest absolute Gasteiger partial charge is 0.0850 e. The van der Waals surface area contributed by atoms with Crippen molar-refractivity contribution in [2.45, 2.75) is 24.9 Å². The lowest BCUT2D eigenvalue weighted by atomic mass is 9.80. The SMILES string of the molecule is COC1(CNc2ccc(N)cc2Br)CCC1. The maximum absolute atomic E-state index is 5.69. The number of hydrogen-bond donors (Lipinski definition) is 2. The average Bonchev–Trinajstić information content (AvgIpc) is 2.19. The molecule has 1 aromatic carbocycles. The lowest BCUT2D eigenvalue weighted by Gasteiger charge is -2.40. The highest BCUT2D eigenvalue weighted by atomic mass is 79.9. The minimum atomic E-state index is 0.0425. The van der Waals surface area contributed by atoms with E-state index >= 15 is 0 Å². The van der Waals surface area contributed by atoms with Crippen molar-refractivity contribution in [2.24, 2.45) is 0 Å². The molecule has 0 atom stereocenters. The van der Waals surface area contributed by atoms with Gasteiger partial charge in [-0.25, -0.2) is 0 Å². The van der Waals surface area contributed by atoms with E-state index in [-0.39, 0.29) is 5.60 Å². The number of ether oxygens (including phenoxy) is 1. The number of nitrogens with two attached hydrogens (primary N) is 1. The van der Waals surface area contributed by atoms with Gasteiger partial charge in [0.2, 0.25) is 0 Å². The summed E-state index contributed by atoms with van der Waals surface area (Å²) in [6.45, 7) is 0.853. The van der Waals surface area contributed by atoms with Gasteiger partial charge in [-0.2, -0.15) is 0 Å². The van der Waals surface area contributed by atoms with Crippen LogP contribution in [0.5, 0.6) is 0 Å². The fourth-order valence-corrected chi connectivity index (χ4v) is 2.49. The molecule has 1 aliphatic carbocycles. The fraction of sp³-hybridized carbons (Fsp3) is 0.500. The van der Waals surface area contributed by atoms with E-state index in [9.17, 15) is 0 Å². The average molecular weight is 285 g/mol. The molecule has 0 saturated heterocycles. The molecule has 0 unspecified atom stereocenters. The second-order valence-electron chi connectivity index (χ2n) is 4.33. The third-order valence-corrected chi connectivity index (χ3v) is 3.95. The van der Waals surface area contributed by atoms with Gasteiger partial charge >= 0.3 is 0 Å². The predicted octanol–water partition coefficient (Wildman–Crippen LogP) is 3.01. The molecule has 0 amide bonds. The second-order valence-corrected chi connectivity index (χ2v) is 5.19. The molecule has 16 heavy (non-hydrogen) atoms. The number of nitrogen functional groups attached to an aromatic ring is 1. The van der Waals surface area contributed by atoms with E-state index in [1.54, 1.807) is 7.11 Å². The van der Waals surface area contributed by atoms with Gasteiger partial charge in [-0.15, -0.1) is 0 Å². The summed E-state index contributed by atoms with van der Waals surface area (Å²) in [6, 6.07) is 5.79. The summed E-state index contributed by atoms with van der Waals surface area (Å²) in [5.74, 6) is 0. The highest BCUT2D eigenvalue weighted by Crippen LogP contribution is 2.35. The van der Waals surface area contributed by atoms with Crippen molar-refractivity contribution in [3.63, 3.8) is 0 Å². The summed E-state index contributed by atoms with van der Waals surface area (Å²) in [5.41, 5.74) is 7.57. The van der Waals surface area contributed by atoms with Crippen LogP contribution >= 0.6 is 15.9 Å². The summed E-state index contributed by atoms with van der Waals surface area (Å²) >= 11 is 3.49. The number of anilines is 2. The predicted molar refractivity (Wildman–Crippen MR) is 70.6 cm³/mol. The first-order valence-corrected chi connectivity index (χ1v) is 6.29. The molecule has 0 heterocycles. The van der Waals surface area contributed by atoms with Gasteiger partial charge in [-0.3, -0.25) is 0 Å². The molecule has 2 rings (SSSR count). The van der Waals surface area contributed by atoms with Gasteiger partial charge in [-0.05, 0) is 53.4 Å². The zero-order valence-electron chi connectivity index (χ0n) is 9.42. The maximum Gasteiger partial charge on any atom is 0.0850 e. The largest absolute Gasteiger partial charge is 0.399 e. The van der Waals surface area contributed by atoms with Crippen LogP contribution in [0.4, 0.5) is 11.4 Å². The zero-order valence-corrected chi connectivity index (χ0v) is 11.0. The Balaban J connectivity index is 1.99. The number of hydrogen-bond acceptors (Lipinski definition) is 3. The van der Waals surface area contributed by atoms with Gasteiger partial charge in [0.15, 0.2) is 0 Å². The molecule has 1 aliphatic rings. The van der Waals surface area contributed by atoms with Gasteiger partial charge in [0, 0.05) is 29.5 Å². The normalized spacial score (nSPS) is 17.9. The van der Waals surface area contributed by atoms with Crippen molar-refractivity contribution in [2.75, 3.05) is 24.7 Å². The molecule has 0 aliphatic heterocycles. The molecule has 1 saturated carbocycles. The molecule has 1 fully saturated rings. The Labute approximate surface area is 104 Å². The van der Waals surface area contributed by atoms with Crippen molar-refractivity contribution >= 4 is 27.3 Å². The quantitative estimate of drug-likeness (QED) is 0.836. The first-order chi connectivity index (χ1) is 7.65. The molecular formula is C12H17BrN2O. The van der Waals surface area contributed by atoms with E-state index in [1.165, 1.54) is 6.42 Å². The van der Waals surface area contributed by atoms with Crippen LogP contribution < -0.4 is 11.1 Å². The molecular weight excluding hydrogens is 268 g/mol. The Kier molecular flexibility index (Phi) is 3.40. The molecule has 88 valence electrons. The standard InChI is InChI=1S/C12H17BrN2O/c1-16-12(5-2-6-12)8-15-11-4-3-9(14)7-10(11)13/h3-4,7,15H,2,5-6,8,14H2,1H3. The van der Waals surface area contributed by atoms with Crippen LogP contribution in [0.25, 0.3) is 0 Å². The molecule has 3 N–H and O–H groups in total. The summed E-state index contributed by atoms with van der Waals surface area (Å²) in [6.07, 6.45) is 3.55. The summed E-state index contributed by atoms with van der Waals surface area (Å²) in [7, 11) is 1.79. The van der Waals surface area contributed by atoms with E-state index in [4.69, 9.17) is 10.5 Å². The van der Waals surface area contributed by atoms with Gasteiger partial charge in [0.05, 0.1) is 5.60 Å². The van der Waals surface area contributed by atoms with Crippen LogP contribution in [-0.2, 0) is 4.74 Å². The Bertz CT molecular complexity index is 372. The molecule has 1 aromatic rings. The van der Waals surface area contributed by atoms with Crippen molar-refractivity contribution in [3.8, 4) is 0 Å². The minimum absolute atomic E-state index is 0.0425. The highest BCUT2D eigenvalue weighted by molar-refractivity contribution is 9.10. The zero-order chi connectivity index (χ0) is 11.6. The van der Waals surface area contributed by atoms with Crippen LogP contribution in [0.3, 0.4) is 0 Å². The summed E-state index contributed by atoms with van der Waals surface area (Å²) in [5, 5.41) is 3.41. The second kappa shape index (κ2) is 4.63. The lowest BCUT2D eigenvalue weighted by molar-refractivity contribution is -0.0601. The molecule has 4 heteroatoms. The Morgan fingerprint density at radius 1 is 1.50 bits per heavy atom. The highest BCUT2D eigenvalue weighted by Gasteiger charge is 2.36. The third-order valence-electron chi connectivity index (χ3n) is 3.29. The first kappa shape index (κ1) is 11.7. The number of halogens is 1. The maximum atomic E-state index is 5.69. The van der Waals surface area contributed by atoms with Crippen LogP contribution in [0.2, 0.25) is 0 Å². The Morgan fingerprint density at radius 3 is 2.75 bits per heavy atom. The Hall–Kier alpha value is -0.740. The molecule has 0 spiro atoms.